The number of halogens is 3. The van der Waals surface area contributed by atoms with E-state index in [2.05, 4.69) is 4.98 Å². The van der Waals surface area contributed by atoms with Crippen LogP contribution in [0.25, 0.3) is 0 Å². The molecule has 0 amide bonds. The molecule has 1 heterocycles. The molecule has 2 nitrogen and oxygen atoms in total. The molecule has 1 aromatic rings. The SMILES string of the molecule is CCC(c1ncccc1C(F)(F)F)C(C)N. The fourth-order valence-electron chi connectivity index (χ4n) is 1.77. The first-order valence-corrected chi connectivity index (χ1v) is 5.15. The summed E-state index contributed by atoms with van der Waals surface area (Å²) in [7, 11) is 0. The topological polar surface area (TPSA) is 38.9 Å². The lowest BCUT2D eigenvalue weighted by Gasteiger charge is -2.22. The average molecular weight is 232 g/mol. The van der Waals surface area contributed by atoms with Gasteiger partial charge in [-0.1, -0.05) is 6.92 Å². The van der Waals surface area contributed by atoms with Crippen molar-refractivity contribution in [2.24, 2.45) is 5.73 Å². The quantitative estimate of drug-likeness (QED) is 0.870. The van der Waals surface area contributed by atoms with E-state index >= 15 is 0 Å². The van der Waals surface area contributed by atoms with Gasteiger partial charge in [-0.05, 0) is 25.5 Å². The molecule has 2 atom stereocenters. The lowest BCUT2D eigenvalue weighted by atomic mass is 9.91. The third-order valence-electron chi connectivity index (χ3n) is 2.57. The average Bonchev–Trinajstić information content (AvgIpc) is 2.17. The van der Waals surface area contributed by atoms with Gasteiger partial charge in [0.25, 0.3) is 0 Å². The van der Waals surface area contributed by atoms with Gasteiger partial charge in [0.15, 0.2) is 0 Å². The molecule has 0 aliphatic heterocycles. The molecule has 0 aromatic carbocycles. The summed E-state index contributed by atoms with van der Waals surface area (Å²) in [6, 6.07) is 1.99. The van der Waals surface area contributed by atoms with Gasteiger partial charge in [0.2, 0.25) is 0 Å². The van der Waals surface area contributed by atoms with Crippen molar-refractivity contribution in [1.82, 2.24) is 4.98 Å². The Morgan fingerprint density at radius 1 is 1.44 bits per heavy atom. The molecule has 0 aliphatic carbocycles. The molecule has 1 aromatic heterocycles. The van der Waals surface area contributed by atoms with Gasteiger partial charge in [0.1, 0.15) is 0 Å². The number of hydrogen-bond donors (Lipinski definition) is 1. The molecule has 90 valence electrons. The smallest absolute Gasteiger partial charge is 0.327 e. The van der Waals surface area contributed by atoms with E-state index in [1.54, 1.807) is 6.92 Å². The number of hydrogen-bond acceptors (Lipinski definition) is 2. The summed E-state index contributed by atoms with van der Waals surface area (Å²) in [6.07, 6.45) is -2.46. The van der Waals surface area contributed by atoms with E-state index in [9.17, 15) is 13.2 Å². The van der Waals surface area contributed by atoms with Crippen molar-refractivity contribution in [3.8, 4) is 0 Å². The van der Waals surface area contributed by atoms with Crippen molar-refractivity contribution in [3.63, 3.8) is 0 Å². The minimum Gasteiger partial charge on any atom is -0.327 e. The normalized spacial score (nSPS) is 15.9. The maximum atomic E-state index is 12.7. The third kappa shape index (κ3) is 2.72. The zero-order chi connectivity index (χ0) is 12.3. The molecule has 0 aliphatic rings. The highest BCUT2D eigenvalue weighted by Gasteiger charge is 2.36. The third-order valence-corrected chi connectivity index (χ3v) is 2.57. The van der Waals surface area contributed by atoms with Crippen molar-refractivity contribution in [2.75, 3.05) is 0 Å². The predicted octanol–water partition coefficient (Wildman–Crippen LogP) is 2.94. The fourth-order valence-corrected chi connectivity index (χ4v) is 1.77. The lowest BCUT2D eigenvalue weighted by Crippen LogP contribution is -2.27. The summed E-state index contributed by atoms with van der Waals surface area (Å²) >= 11 is 0. The molecular formula is C11H15F3N2. The molecule has 0 spiro atoms. The second kappa shape index (κ2) is 4.82. The highest BCUT2D eigenvalue weighted by Crippen LogP contribution is 2.35. The molecule has 5 heteroatoms. The molecule has 0 bridgehead atoms. The monoisotopic (exact) mass is 232 g/mol. The van der Waals surface area contributed by atoms with Crippen LogP contribution < -0.4 is 5.73 Å². The molecule has 16 heavy (non-hydrogen) atoms. The van der Waals surface area contributed by atoms with Crippen LogP contribution in [0.3, 0.4) is 0 Å². The molecule has 2 N–H and O–H groups in total. The Hall–Kier alpha value is -1.10. The van der Waals surface area contributed by atoms with E-state index in [0.29, 0.717) is 6.42 Å². The van der Waals surface area contributed by atoms with E-state index in [1.165, 1.54) is 12.3 Å². The first-order chi connectivity index (χ1) is 7.38. The van der Waals surface area contributed by atoms with Gasteiger partial charge in [-0.25, -0.2) is 0 Å². The van der Waals surface area contributed by atoms with Crippen LogP contribution in [0.5, 0.6) is 0 Å². The molecule has 0 saturated carbocycles. The van der Waals surface area contributed by atoms with E-state index in [4.69, 9.17) is 5.73 Å². The molecular weight excluding hydrogens is 217 g/mol. The summed E-state index contributed by atoms with van der Waals surface area (Å²) in [6.45, 7) is 3.51. The van der Waals surface area contributed by atoms with Crippen LogP contribution in [0.4, 0.5) is 13.2 Å². The van der Waals surface area contributed by atoms with E-state index in [0.717, 1.165) is 6.07 Å². The van der Waals surface area contributed by atoms with Crippen LogP contribution in [0.2, 0.25) is 0 Å². The largest absolute Gasteiger partial charge is 0.418 e. The molecule has 2 unspecified atom stereocenters. The van der Waals surface area contributed by atoms with Crippen molar-refractivity contribution < 1.29 is 13.2 Å². The molecule has 0 radical (unpaired) electrons. The first-order valence-electron chi connectivity index (χ1n) is 5.15. The summed E-state index contributed by atoms with van der Waals surface area (Å²) in [5.74, 6) is -0.363. The zero-order valence-electron chi connectivity index (χ0n) is 9.25. The van der Waals surface area contributed by atoms with Crippen LogP contribution >= 0.6 is 0 Å². The van der Waals surface area contributed by atoms with Crippen LogP contribution in [-0.2, 0) is 6.18 Å². The van der Waals surface area contributed by atoms with Crippen LogP contribution in [0.1, 0.15) is 37.4 Å². The van der Waals surface area contributed by atoms with Crippen LogP contribution in [0.15, 0.2) is 18.3 Å². The van der Waals surface area contributed by atoms with Crippen molar-refractivity contribution >= 4 is 0 Å². The number of rotatable bonds is 3. The first kappa shape index (κ1) is 13.0. The predicted molar refractivity (Wildman–Crippen MR) is 55.9 cm³/mol. The van der Waals surface area contributed by atoms with Gasteiger partial charge in [-0.15, -0.1) is 0 Å². The summed E-state index contributed by atoms with van der Waals surface area (Å²) in [5.41, 5.74) is 5.05. The van der Waals surface area contributed by atoms with Gasteiger partial charge in [-0.3, -0.25) is 4.98 Å². The van der Waals surface area contributed by atoms with Gasteiger partial charge < -0.3 is 5.73 Å². The van der Waals surface area contributed by atoms with Crippen molar-refractivity contribution in [2.45, 2.75) is 38.4 Å². The van der Waals surface area contributed by atoms with Crippen LogP contribution in [0, 0.1) is 0 Å². The summed E-state index contributed by atoms with van der Waals surface area (Å²) in [4.78, 5) is 3.84. The molecule has 0 fully saturated rings. The highest BCUT2D eigenvalue weighted by molar-refractivity contribution is 5.27. The van der Waals surface area contributed by atoms with Crippen molar-refractivity contribution in [3.05, 3.63) is 29.6 Å². The number of aromatic nitrogens is 1. The van der Waals surface area contributed by atoms with Gasteiger partial charge in [0, 0.05) is 18.2 Å². The van der Waals surface area contributed by atoms with Gasteiger partial charge >= 0.3 is 6.18 Å². The Labute approximate surface area is 92.7 Å². The van der Waals surface area contributed by atoms with E-state index in [1.807, 2.05) is 6.92 Å². The Balaban J connectivity index is 3.22. The Morgan fingerprint density at radius 3 is 2.50 bits per heavy atom. The second-order valence-corrected chi connectivity index (χ2v) is 3.81. The van der Waals surface area contributed by atoms with E-state index in [-0.39, 0.29) is 17.7 Å². The number of nitrogens with zero attached hydrogens (tertiary/aromatic N) is 1. The van der Waals surface area contributed by atoms with Gasteiger partial charge in [0.05, 0.1) is 11.3 Å². The highest BCUT2D eigenvalue weighted by atomic mass is 19.4. The molecule has 1 rings (SSSR count). The second-order valence-electron chi connectivity index (χ2n) is 3.81. The van der Waals surface area contributed by atoms with E-state index < -0.39 is 11.7 Å². The number of alkyl halides is 3. The summed E-state index contributed by atoms with van der Waals surface area (Å²) in [5, 5.41) is 0. The fraction of sp³-hybridized carbons (Fsp3) is 0.545. The summed E-state index contributed by atoms with van der Waals surface area (Å²) < 4.78 is 38.2. The maximum Gasteiger partial charge on any atom is 0.418 e. The number of nitrogens with two attached hydrogens (primary N) is 1. The Bertz CT molecular complexity index is 347. The number of pyridine rings is 1. The van der Waals surface area contributed by atoms with Crippen molar-refractivity contribution in [1.29, 1.82) is 0 Å². The zero-order valence-corrected chi connectivity index (χ0v) is 9.25. The standard InChI is InChI=1S/C11H15F3N2/c1-3-8(7(2)15)10-9(11(12,13)14)5-4-6-16-10/h4-8H,3,15H2,1-2H3. The molecule has 0 saturated heterocycles. The van der Waals surface area contributed by atoms with Gasteiger partial charge in [-0.2, -0.15) is 13.2 Å². The van der Waals surface area contributed by atoms with Crippen LogP contribution in [-0.4, -0.2) is 11.0 Å². The Kier molecular flexibility index (Phi) is 3.91. The minimum atomic E-state index is -4.37. The minimum absolute atomic E-state index is 0.0486. The lowest BCUT2D eigenvalue weighted by molar-refractivity contribution is -0.138. The maximum absolute atomic E-state index is 12.7. The Morgan fingerprint density at radius 2 is 2.06 bits per heavy atom.